The molecule has 0 aliphatic heterocycles. The minimum atomic E-state index is 0.0572. The van der Waals surface area contributed by atoms with Crippen molar-refractivity contribution in [3.05, 3.63) is 47.5 Å². The van der Waals surface area contributed by atoms with Crippen molar-refractivity contribution >= 4 is 5.91 Å². The van der Waals surface area contributed by atoms with Gasteiger partial charge >= 0.3 is 0 Å². The first-order chi connectivity index (χ1) is 8.72. The third-order valence-electron chi connectivity index (χ3n) is 4.25. The molecule has 3 atom stereocenters. The molecule has 1 aromatic carbocycles. The molecule has 18 heavy (non-hydrogen) atoms. The van der Waals surface area contributed by atoms with E-state index in [1.165, 1.54) is 18.4 Å². The lowest BCUT2D eigenvalue weighted by Gasteiger charge is -2.18. The van der Waals surface area contributed by atoms with E-state index in [1.54, 1.807) is 0 Å². The SMILES string of the molecule is Cc1ccc(C(=O)NCC2CC3C=CC2C3)cc1. The topological polar surface area (TPSA) is 29.1 Å². The van der Waals surface area contributed by atoms with Gasteiger partial charge in [-0.3, -0.25) is 4.79 Å². The second kappa shape index (κ2) is 4.60. The Morgan fingerprint density at radius 2 is 2.00 bits per heavy atom. The van der Waals surface area contributed by atoms with E-state index in [2.05, 4.69) is 17.5 Å². The van der Waals surface area contributed by atoms with Crippen molar-refractivity contribution in [3.8, 4) is 0 Å². The zero-order chi connectivity index (χ0) is 12.5. The molecule has 2 heteroatoms. The van der Waals surface area contributed by atoms with E-state index in [4.69, 9.17) is 0 Å². The van der Waals surface area contributed by atoms with Gasteiger partial charge in [-0.15, -0.1) is 0 Å². The summed E-state index contributed by atoms with van der Waals surface area (Å²) in [5.41, 5.74) is 1.95. The van der Waals surface area contributed by atoms with Gasteiger partial charge in [-0.05, 0) is 49.7 Å². The van der Waals surface area contributed by atoms with Gasteiger partial charge in [0.1, 0.15) is 0 Å². The Kier molecular flexibility index (Phi) is 2.94. The summed E-state index contributed by atoms with van der Waals surface area (Å²) in [6.07, 6.45) is 7.21. The molecule has 0 heterocycles. The molecular weight excluding hydrogens is 222 g/mol. The van der Waals surface area contributed by atoms with Gasteiger partial charge in [0.2, 0.25) is 0 Å². The number of hydrogen-bond donors (Lipinski definition) is 1. The van der Waals surface area contributed by atoms with E-state index in [1.807, 2.05) is 31.2 Å². The molecule has 1 fully saturated rings. The van der Waals surface area contributed by atoms with Crippen molar-refractivity contribution in [1.29, 1.82) is 0 Å². The first kappa shape index (κ1) is 11.5. The van der Waals surface area contributed by atoms with Crippen molar-refractivity contribution < 1.29 is 4.79 Å². The Hall–Kier alpha value is -1.57. The second-order valence-electron chi connectivity index (χ2n) is 5.62. The van der Waals surface area contributed by atoms with Crippen LogP contribution in [0.3, 0.4) is 0 Å². The fourth-order valence-corrected chi connectivity index (χ4v) is 3.16. The lowest BCUT2D eigenvalue weighted by atomic mass is 9.93. The van der Waals surface area contributed by atoms with E-state index >= 15 is 0 Å². The standard InChI is InChI=1S/C16H19NO/c1-11-2-5-13(6-3-11)16(18)17-10-15-9-12-4-7-14(15)8-12/h2-7,12,14-15H,8-10H2,1H3,(H,17,18). The number of allylic oxidation sites excluding steroid dienone is 2. The molecule has 2 aliphatic rings. The molecule has 94 valence electrons. The monoisotopic (exact) mass is 241 g/mol. The number of aryl methyl sites for hydroxylation is 1. The van der Waals surface area contributed by atoms with Crippen molar-refractivity contribution in [2.24, 2.45) is 17.8 Å². The van der Waals surface area contributed by atoms with Crippen LogP contribution >= 0.6 is 0 Å². The van der Waals surface area contributed by atoms with Crippen LogP contribution < -0.4 is 5.32 Å². The number of benzene rings is 1. The highest BCUT2D eigenvalue weighted by molar-refractivity contribution is 5.94. The highest BCUT2D eigenvalue weighted by Crippen LogP contribution is 2.42. The van der Waals surface area contributed by atoms with Gasteiger partial charge in [0, 0.05) is 12.1 Å². The van der Waals surface area contributed by atoms with E-state index in [0.717, 1.165) is 18.0 Å². The van der Waals surface area contributed by atoms with Gasteiger partial charge in [0.15, 0.2) is 0 Å². The molecule has 3 rings (SSSR count). The zero-order valence-corrected chi connectivity index (χ0v) is 10.7. The minimum Gasteiger partial charge on any atom is -0.352 e. The number of carbonyl (C=O) groups excluding carboxylic acids is 1. The van der Waals surface area contributed by atoms with Crippen LogP contribution in [0.1, 0.15) is 28.8 Å². The van der Waals surface area contributed by atoms with Crippen molar-refractivity contribution in [2.75, 3.05) is 6.54 Å². The lowest BCUT2D eigenvalue weighted by Crippen LogP contribution is -2.30. The Bertz CT molecular complexity index is 474. The summed E-state index contributed by atoms with van der Waals surface area (Å²) < 4.78 is 0. The molecule has 2 nitrogen and oxygen atoms in total. The molecule has 1 aromatic rings. The molecular formula is C16H19NO. The lowest BCUT2D eigenvalue weighted by molar-refractivity contribution is 0.0945. The highest BCUT2D eigenvalue weighted by Gasteiger charge is 2.35. The molecule has 0 spiro atoms. The van der Waals surface area contributed by atoms with E-state index in [-0.39, 0.29) is 5.91 Å². The zero-order valence-electron chi connectivity index (χ0n) is 10.7. The van der Waals surface area contributed by atoms with Crippen LogP contribution in [0.15, 0.2) is 36.4 Å². The third-order valence-corrected chi connectivity index (χ3v) is 4.25. The van der Waals surface area contributed by atoms with Crippen LogP contribution in [0.2, 0.25) is 0 Å². The summed E-state index contributed by atoms with van der Waals surface area (Å²) in [5.74, 6) is 2.18. The molecule has 0 radical (unpaired) electrons. The summed E-state index contributed by atoms with van der Waals surface area (Å²) in [6.45, 7) is 2.85. The van der Waals surface area contributed by atoms with Gasteiger partial charge in [-0.2, -0.15) is 0 Å². The maximum Gasteiger partial charge on any atom is 0.251 e. The van der Waals surface area contributed by atoms with Gasteiger partial charge in [0.25, 0.3) is 5.91 Å². The molecule has 2 bridgehead atoms. The molecule has 0 aromatic heterocycles. The van der Waals surface area contributed by atoms with Gasteiger partial charge in [-0.1, -0.05) is 29.8 Å². The Balaban J connectivity index is 1.56. The predicted molar refractivity (Wildman–Crippen MR) is 72.4 cm³/mol. The highest BCUT2D eigenvalue weighted by atomic mass is 16.1. The first-order valence-electron chi connectivity index (χ1n) is 6.75. The molecule has 1 saturated carbocycles. The van der Waals surface area contributed by atoms with Crippen LogP contribution in [-0.4, -0.2) is 12.5 Å². The molecule has 1 amide bonds. The smallest absolute Gasteiger partial charge is 0.251 e. The van der Waals surface area contributed by atoms with Crippen LogP contribution in [0.25, 0.3) is 0 Å². The first-order valence-corrected chi connectivity index (χ1v) is 6.75. The number of fused-ring (bicyclic) bond motifs is 2. The van der Waals surface area contributed by atoms with Crippen LogP contribution in [-0.2, 0) is 0 Å². The van der Waals surface area contributed by atoms with Crippen molar-refractivity contribution in [1.82, 2.24) is 5.32 Å². The average Bonchev–Trinajstić information content (AvgIpc) is 2.99. The van der Waals surface area contributed by atoms with Gasteiger partial charge in [-0.25, -0.2) is 0 Å². The summed E-state index contributed by atoms with van der Waals surface area (Å²) in [4.78, 5) is 12.0. The number of nitrogens with one attached hydrogen (secondary N) is 1. The summed E-state index contributed by atoms with van der Waals surface area (Å²) in [5, 5.41) is 3.07. The second-order valence-corrected chi connectivity index (χ2v) is 5.62. The fraction of sp³-hybridized carbons (Fsp3) is 0.438. The van der Waals surface area contributed by atoms with E-state index < -0.39 is 0 Å². The Morgan fingerprint density at radius 1 is 1.22 bits per heavy atom. The average molecular weight is 241 g/mol. The minimum absolute atomic E-state index is 0.0572. The summed E-state index contributed by atoms with van der Waals surface area (Å²) >= 11 is 0. The molecule has 1 N–H and O–H groups in total. The predicted octanol–water partition coefficient (Wildman–Crippen LogP) is 2.94. The quantitative estimate of drug-likeness (QED) is 0.810. The van der Waals surface area contributed by atoms with Crippen molar-refractivity contribution in [2.45, 2.75) is 19.8 Å². The van der Waals surface area contributed by atoms with Crippen LogP contribution in [0.4, 0.5) is 0 Å². The molecule has 0 saturated heterocycles. The number of hydrogen-bond acceptors (Lipinski definition) is 1. The third kappa shape index (κ3) is 2.20. The summed E-state index contributed by atoms with van der Waals surface area (Å²) in [6, 6.07) is 7.75. The number of amides is 1. The largest absolute Gasteiger partial charge is 0.352 e. The summed E-state index contributed by atoms with van der Waals surface area (Å²) in [7, 11) is 0. The fourth-order valence-electron chi connectivity index (χ4n) is 3.16. The Labute approximate surface area is 108 Å². The molecule has 3 unspecified atom stereocenters. The molecule has 2 aliphatic carbocycles. The van der Waals surface area contributed by atoms with Gasteiger partial charge in [0.05, 0.1) is 0 Å². The van der Waals surface area contributed by atoms with Crippen molar-refractivity contribution in [3.63, 3.8) is 0 Å². The van der Waals surface area contributed by atoms with Gasteiger partial charge < -0.3 is 5.32 Å². The maximum absolute atomic E-state index is 12.0. The van der Waals surface area contributed by atoms with E-state index in [0.29, 0.717) is 11.8 Å². The van der Waals surface area contributed by atoms with E-state index in [9.17, 15) is 4.79 Å². The Morgan fingerprint density at radius 3 is 2.61 bits per heavy atom. The number of rotatable bonds is 3. The van der Waals surface area contributed by atoms with Crippen LogP contribution in [0, 0.1) is 24.7 Å². The van der Waals surface area contributed by atoms with Crippen LogP contribution in [0.5, 0.6) is 0 Å². The maximum atomic E-state index is 12.0. The number of carbonyl (C=O) groups is 1. The normalized spacial score (nSPS) is 28.6.